The zero-order valence-electron chi connectivity index (χ0n) is 24.4. The Morgan fingerprint density at radius 1 is 0.675 bits per heavy atom. The van der Waals surface area contributed by atoms with Crippen LogP contribution in [0, 0.1) is 31.6 Å². The molecular weight excluding hydrogens is 492 g/mol. The van der Waals surface area contributed by atoms with Gasteiger partial charge in [0.05, 0.1) is 0 Å². The molecule has 4 nitrogen and oxygen atoms in total. The summed E-state index contributed by atoms with van der Waals surface area (Å²) in [5.74, 6) is 5.03. The average molecular weight is 535 g/mol. The van der Waals surface area contributed by atoms with Gasteiger partial charge < -0.3 is 20.9 Å². The number of anilines is 2. The molecular formula is C36H42N2O2. The zero-order chi connectivity index (χ0) is 28.4. The van der Waals surface area contributed by atoms with E-state index >= 15 is 0 Å². The van der Waals surface area contributed by atoms with Gasteiger partial charge in [0, 0.05) is 16.8 Å². The number of hydrogen-bond donors (Lipinski definition) is 2. The minimum atomic E-state index is -0.0964. The summed E-state index contributed by atoms with van der Waals surface area (Å²) < 4.78 is 12.5. The molecule has 1 aliphatic rings. The summed E-state index contributed by atoms with van der Waals surface area (Å²) in [4.78, 5) is 0. The third-order valence-corrected chi connectivity index (χ3v) is 8.67. The average Bonchev–Trinajstić information content (AvgIpc) is 2.93. The smallest absolute Gasteiger partial charge is 0.130 e. The SMILES string of the molecule is Cc1cc(C2(c3ccc(Oc4ccc(N)cc4)c(C)c3)CC(C)CCC2C(C)C)ccc1Oc1ccc(N)cc1. The van der Waals surface area contributed by atoms with Crippen molar-refractivity contribution in [1.82, 2.24) is 0 Å². The third kappa shape index (κ3) is 5.54. The Labute approximate surface area is 239 Å². The van der Waals surface area contributed by atoms with E-state index in [9.17, 15) is 0 Å². The van der Waals surface area contributed by atoms with Gasteiger partial charge in [-0.3, -0.25) is 0 Å². The predicted octanol–water partition coefficient (Wildman–Crippen LogP) is 9.43. The van der Waals surface area contributed by atoms with E-state index in [1.165, 1.54) is 24.0 Å². The lowest BCUT2D eigenvalue weighted by Crippen LogP contribution is -2.44. The molecule has 0 saturated heterocycles. The van der Waals surface area contributed by atoms with E-state index < -0.39 is 0 Å². The van der Waals surface area contributed by atoms with Crippen LogP contribution in [0.2, 0.25) is 0 Å². The fraction of sp³-hybridized carbons (Fsp3) is 0.333. The molecule has 0 radical (unpaired) electrons. The fourth-order valence-corrected chi connectivity index (χ4v) is 6.65. The van der Waals surface area contributed by atoms with E-state index in [4.69, 9.17) is 20.9 Å². The van der Waals surface area contributed by atoms with E-state index in [-0.39, 0.29) is 5.41 Å². The van der Waals surface area contributed by atoms with Crippen molar-refractivity contribution in [2.75, 3.05) is 11.5 Å². The highest BCUT2D eigenvalue weighted by atomic mass is 16.5. The second-order valence-electron chi connectivity index (χ2n) is 12.0. The highest BCUT2D eigenvalue weighted by Gasteiger charge is 2.47. The van der Waals surface area contributed by atoms with Gasteiger partial charge in [-0.15, -0.1) is 0 Å². The summed E-state index contributed by atoms with van der Waals surface area (Å²) in [5.41, 5.74) is 18.1. The van der Waals surface area contributed by atoms with Crippen molar-refractivity contribution in [3.8, 4) is 23.0 Å². The van der Waals surface area contributed by atoms with Crippen molar-refractivity contribution < 1.29 is 9.47 Å². The van der Waals surface area contributed by atoms with Gasteiger partial charge >= 0.3 is 0 Å². The predicted molar refractivity (Wildman–Crippen MR) is 166 cm³/mol. The summed E-state index contributed by atoms with van der Waals surface area (Å²) in [6.07, 6.45) is 3.59. The molecule has 2 atom stereocenters. The molecule has 4 aromatic rings. The lowest BCUT2D eigenvalue weighted by molar-refractivity contribution is 0.135. The van der Waals surface area contributed by atoms with Crippen molar-refractivity contribution in [2.24, 2.45) is 17.8 Å². The van der Waals surface area contributed by atoms with Gasteiger partial charge in [-0.05, 0) is 127 Å². The van der Waals surface area contributed by atoms with Crippen LogP contribution >= 0.6 is 0 Å². The van der Waals surface area contributed by atoms with Crippen LogP contribution in [0.3, 0.4) is 0 Å². The number of rotatable bonds is 7. The maximum Gasteiger partial charge on any atom is 0.130 e. The van der Waals surface area contributed by atoms with E-state index in [1.54, 1.807) is 0 Å². The Balaban J connectivity index is 1.56. The van der Waals surface area contributed by atoms with Crippen molar-refractivity contribution >= 4 is 11.4 Å². The van der Waals surface area contributed by atoms with E-state index in [1.807, 2.05) is 48.5 Å². The van der Waals surface area contributed by atoms with Crippen molar-refractivity contribution in [3.63, 3.8) is 0 Å². The third-order valence-electron chi connectivity index (χ3n) is 8.67. The number of aryl methyl sites for hydroxylation is 2. The largest absolute Gasteiger partial charge is 0.457 e. The number of nitrogens with two attached hydrogens (primary N) is 2. The van der Waals surface area contributed by atoms with E-state index in [0.717, 1.165) is 51.9 Å². The number of hydrogen-bond acceptors (Lipinski definition) is 4. The molecule has 0 heterocycles. The van der Waals surface area contributed by atoms with Crippen LogP contribution in [0.25, 0.3) is 0 Å². The first kappa shape index (κ1) is 27.6. The quantitative estimate of drug-likeness (QED) is 0.232. The normalized spacial score (nSPS) is 18.4. The number of benzene rings is 4. The molecule has 1 fully saturated rings. The zero-order valence-corrected chi connectivity index (χ0v) is 24.4. The molecule has 0 amide bonds. The summed E-state index contributed by atoms with van der Waals surface area (Å²) in [7, 11) is 0. The standard InChI is InChI=1S/C36H42N2O2/c1-23(2)33-17-6-24(3)22-36(33,27-7-18-34(25(4)20-27)39-31-13-9-29(37)10-14-31)28-8-19-35(26(5)21-28)40-32-15-11-30(38)12-16-32/h7-16,18-21,23-24,33H,6,17,22,37-38H2,1-5H3. The van der Waals surface area contributed by atoms with Crippen molar-refractivity contribution in [1.29, 1.82) is 0 Å². The van der Waals surface area contributed by atoms with Gasteiger partial charge in [-0.25, -0.2) is 0 Å². The summed E-state index contributed by atoms with van der Waals surface area (Å²) in [6, 6.07) is 28.7. The monoisotopic (exact) mass is 534 g/mol. The van der Waals surface area contributed by atoms with Crippen LogP contribution in [0.5, 0.6) is 23.0 Å². The highest BCUT2D eigenvalue weighted by Crippen LogP contribution is 2.54. The molecule has 0 aromatic heterocycles. The van der Waals surface area contributed by atoms with Crippen LogP contribution in [-0.4, -0.2) is 0 Å². The second kappa shape index (κ2) is 11.3. The summed E-state index contributed by atoms with van der Waals surface area (Å²) in [6.45, 7) is 11.5. The lowest BCUT2D eigenvalue weighted by atomic mass is 9.54. The van der Waals surface area contributed by atoms with Crippen LogP contribution in [0.1, 0.15) is 62.3 Å². The second-order valence-corrected chi connectivity index (χ2v) is 12.0. The van der Waals surface area contributed by atoms with Gasteiger partial charge in [0.15, 0.2) is 0 Å². The topological polar surface area (TPSA) is 70.5 Å². The van der Waals surface area contributed by atoms with Gasteiger partial charge in [0.25, 0.3) is 0 Å². The van der Waals surface area contributed by atoms with Crippen molar-refractivity contribution in [2.45, 2.75) is 59.3 Å². The van der Waals surface area contributed by atoms with Crippen LogP contribution < -0.4 is 20.9 Å². The van der Waals surface area contributed by atoms with Crippen LogP contribution in [0.15, 0.2) is 84.9 Å². The minimum absolute atomic E-state index is 0.0964. The lowest BCUT2D eigenvalue weighted by Gasteiger charge is -2.50. The first-order valence-electron chi connectivity index (χ1n) is 14.4. The molecule has 1 aliphatic carbocycles. The maximum absolute atomic E-state index is 6.26. The molecule has 208 valence electrons. The maximum atomic E-state index is 6.26. The first-order valence-corrected chi connectivity index (χ1v) is 14.4. The molecule has 2 unspecified atom stereocenters. The van der Waals surface area contributed by atoms with Gasteiger partial charge in [0.2, 0.25) is 0 Å². The molecule has 0 bridgehead atoms. The van der Waals surface area contributed by atoms with Gasteiger partial charge in [0.1, 0.15) is 23.0 Å². The summed E-state index contributed by atoms with van der Waals surface area (Å²) >= 11 is 0. The fourth-order valence-electron chi connectivity index (χ4n) is 6.65. The Hall–Kier alpha value is -3.92. The molecule has 4 N–H and O–H groups in total. The molecule has 40 heavy (non-hydrogen) atoms. The van der Waals surface area contributed by atoms with Crippen LogP contribution in [0.4, 0.5) is 11.4 Å². The molecule has 1 saturated carbocycles. The van der Waals surface area contributed by atoms with E-state index in [0.29, 0.717) is 17.8 Å². The Kier molecular flexibility index (Phi) is 7.80. The molecule has 0 spiro atoms. The minimum Gasteiger partial charge on any atom is -0.457 e. The molecule has 5 rings (SSSR count). The van der Waals surface area contributed by atoms with E-state index in [2.05, 4.69) is 71.0 Å². The van der Waals surface area contributed by atoms with Crippen molar-refractivity contribution in [3.05, 3.63) is 107 Å². The Morgan fingerprint density at radius 3 is 1.52 bits per heavy atom. The molecule has 0 aliphatic heterocycles. The Morgan fingerprint density at radius 2 is 1.12 bits per heavy atom. The Bertz CT molecular complexity index is 1360. The molecule has 4 heteroatoms. The van der Waals surface area contributed by atoms with Gasteiger partial charge in [-0.2, -0.15) is 0 Å². The van der Waals surface area contributed by atoms with Gasteiger partial charge in [-0.1, -0.05) is 51.5 Å². The molecule has 4 aromatic carbocycles. The first-order chi connectivity index (χ1) is 19.2. The number of ether oxygens (including phenoxy) is 2. The summed E-state index contributed by atoms with van der Waals surface area (Å²) in [5, 5.41) is 0. The highest BCUT2D eigenvalue weighted by molar-refractivity contribution is 5.52. The van der Waals surface area contributed by atoms with Crippen LogP contribution in [-0.2, 0) is 5.41 Å². The number of nitrogen functional groups attached to an aromatic ring is 2.